The van der Waals surface area contributed by atoms with Crippen molar-refractivity contribution in [1.82, 2.24) is 24.9 Å². The topological polar surface area (TPSA) is 115 Å². The molecule has 0 radical (unpaired) electrons. The number of fused-ring (bicyclic) bond motifs is 1. The second-order valence-corrected chi connectivity index (χ2v) is 7.47. The molecule has 0 bridgehead atoms. The summed E-state index contributed by atoms with van der Waals surface area (Å²) in [4.78, 5) is 22.3. The van der Waals surface area contributed by atoms with Gasteiger partial charge in [0.05, 0.1) is 5.52 Å². The van der Waals surface area contributed by atoms with Crippen molar-refractivity contribution >= 4 is 51.6 Å². The smallest absolute Gasteiger partial charge is 0.233 e. The van der Waals surface area contributed by atoms with Gasteiger partial charge in [-0.1, -0.05) is 18.7 Å². The molecule has 0 fully saturated rings. The first-order valence-corrected chi connectivity index (χ1v) is 10.7. The van der Waals surface area contributed by atoms with E-state index in [2.05, 4.69) is 42.5 Å². The number of nitrogens with two attached hydrogens (primary N) is 1. The second-order valence-electron chi connectivity index (χ2n) is 6.69. The molecule has 0 saturated heterocycles. The summed E-state index contributed by atoms with van der Waals surface area (Å²) in [6, 6.07) is 11.5. The molecular formula is C21H22N8S. The van der Waals surface area contributed by atoms with Crippen LogP contribution in [0.1, 0.15) is 18.3 Å². The summed E-state index contributed by atoms with van der Waals surface area (Å²) in [7, 11) is 0. The molecule has 0 amide bonds. The molecule has 4 aromatic rings. The largest absolute Gasteiger partial charge is 0.398 e. The molecule has 4 rings (SSSR count). The predicted octanol–water partition coefficient (Wildman–Crippen LogP) is 4.48. The summed E-state index contributed by atoms with van der Waals surface area (Å²) in [5.41, 5.74) is 11.3. The average molecular weight is 419 g/mol. The van der Waals surface area contributed by atoms with Crippen molar-refractivity contribution in [2.45, 2.75) is 25.4 Å². The van der Waals surface area contributed by atoms with Gasteiger partial charge in [-0.2, -0.15) is 15.0 Å². The molecule has 1 aromatic carbocycles. The predicted molar refractivity (Wildman–Crippen MR) is 123 cm³/mol. The minimum atomic E-state index is 0.444. The second kappa shape index (κ2) is 8.50. The first-order valence-electron chi connectivity index (χ1n) is 9.50. The molecule has 0 atom stereocenters. The number of nitrogen functional groups attached to an aromatic ring is 1. The normalized spacial score (nSPS) is 10.9. The summed E-state index contributed by atoms with van der Waals surface area (Å²) in [5.74, 6) is 0.905. The Morgan fingerprint density at radius 2 is 1.67 bits per heavy atom. The van der Waals surface area contributed by atoms with E-state index >= 15 is 0 Å². The van der Waals surface area contributed by atoms with E-state index < -0.39 is 0 Å². The Hall–Kier alpha value is -3.46. The molecule has 0 saturated carbocycles. The van der Waals surface area contributed by atoms with Crippen molar-refractivity contribution in [2.24, 2.45) is 0 Å². The zero-order chi connectivity index (χ0) is 21.1. The van der Waals surface area contributed by atoms with Crippen LogP contribution in [0.4, 0.5) is 29.0 Å². The lowest BCUT2D eigenvalue weighted by atomic mass is 10.1. The molecule has 0 aliphatic carbocycles. The van der Waals surface area contributed by atoms with E-state index in [1.807, 2.05) is 49.6 Å². The minimum absolute atomic E-state index is 0.444. The highest BCUT2D eigenvalue weighted by Gasteiger charge is 2.09. The first-order chi connectivity index (χ1) is 14.5. The molecule has 4 N–H and O–H groups in total. The van der Waals surface area contributed by atoms with Gasteiger partial charge in [-0.05, 0) is 56.0 Å². The lowest BCUT2D eigenvalue weighted by Gasteiger charge is -2.11. The number of aryl methyl sites for hydroxylation is 2. The fraction of sp³-hybridized carbons (Fsp3) is 0.190. The van der Waals surface area contributed by atoms with Gasteiger partial charge < -0.3 is 16.4 Å². The van der Waals surface area contributed by atoms with Crippen LogP contribution in [0.25, 0.3) is 10.9 Å². The Bertz CT molecular complexity index is 1210. The standard InChI is InChI=1S/C21H22N8S/c1-4-13-10-15(7-8-23-13)26-20-27-19(28-21(29-20)30-3)25-14-5-6-18-16(11-14)17(22)9-12(2)24-18/h5-11H,4H2,1-3H3,(H2,22,24)(H2,23,25,26,27,28,29). The minimum Gasteiger partial charge on any atom is -0.398 e. The van der Waals surface area contributed by atoms with Gasteiger partial charge >= 0.3 is 0 Å². The third kappa shape index (κ3) is 4.41. The van der Waals surface area contributed by atoms with E-state index in [0.717, 1.165) is 40.1 Å². The van der Waals surface area contributed by atoms with Gasteiger partial charge in [0.25, 0.3) is 0 Å². The quantitative estimate of drug-likeness (QED) is 0.390. The van der Waals surface area contributed by atoms with Gasteiger partial charge in [0.2, 0.25) is 11.9 Å². The third-order valence-electron chi connectivity index (χ3n) is 4.46. The van der Waals surface area contributed by atoms with Crippen LogP contribution >= 0.6 is 11.8 Å². The number of anilines is 5. The zero-order valence-electron chi connectivity index (χ0n) is 17.0. The highest BCUT2D eigenvalue weighted by molar-refractivity contribution is 7.98. The molecule has 0 aliphatic rings. The van der Waals surface area contributed by atoms with E-state index in [1.165, 1.54) is 11.8 Å². The monoisotopic (exact) mass is 418 g/mol. The van der Waals surface area contributed by atoms with E-state index in [4.69, 9.17) is 5.73 Å². The van der Waals surface area contributed by atoms with Gasteiger partial charge in [0.15, 0.2) is 5.16 Å². The first kappa shape index (κ1) is 19.8. The maximum Gasteiger partial charge on any atom is 0.233 e. The van der Waals surface area contributed by atoms with E-state index in [1.54, 1.807) is 6.20 Å². The molecule has 0 aliphatic heterocycles. The van der Waals surface area contributed by atoms with Gasteiger partial charge in [-0.15, -0.1) is 0 Å². The van der Waals surface area contributed by atoms with Gasteiger partial charge in [-0.25, -0.2) is 0 Å². The van der Waals surface area contributed by atoms with Crippen molar-refractivity contribution in [1.29, 1.82) is 0 Å². The number of aromatic nitrogens is 5. The number of benzene rings is 1. The molecule has 8 nitrogen and oxygen atoms in total. The van der Waals surface area contributed by atoms with Crippen LogP contribution in [0.3, 0.4) is 0 Å². The van der Waals surface area contributed by atoms with E-state index in [-0.39, 0.29) is 0 Å². The summed E-state index contributed by atoms with van der Waals surface area (Å²) < 4.78 is 0. The molecule has 0 spiro atoms. The highest BCUT2D eigenvalue weighted by atomic mass is 32.2. The number of rotatable bonds is 6. The zero-order valence-corrected chi connectivity index (χ0v) is 17.8. The van der Waals surface area contributed by atoms with Crippen molar-refractivity contribution in [3.63, 3.8) is 0 Å². The Kier molecular flexibility index (Phi) is 5.62. The number of thioether (sulfide) groups is 1. The fourth-order valence-corrected chi connectivity index (χ4v) is 3.39. The molecule has 0 unspecified atom stereocenters. The fourth-order valence-electron chi connectivity index (χ4n) is 3.03. The summed E-state index contributed by atoms with van der Waals surface area (Å²) in [6.07, 6.45) is 4.55. The van der Waals surface area contributed by atoms with Gasteiger partial charge in [-0.3, -0.25) is 9.97 Å². The number of nitrogens with zero attached hydrogens (tertiary/aromatic N) is 5. The lowest BCUT2D eigenvalue weighted by molar-refractivity contribution is 0.922. The maximum absolute atomic E-state index is 6.17. The van der Waals surface area contributed by atoms with Crippen LogP contribution in [0.5, 0.6) is 0 Å². The van der Waals surface area contributed by atoms with Crippen LogP contribution in [0.2, 0.25) is 0 Å². The lowest BCUT2D eigenvalue weighted by Crippen LogP contribution is -2.05. The summed E-state index contributed by atoms with van der Waals surface area (Å²) in [5, 5.41) is 7.98. The molecule has 9 heteroatoms. The molecule has 3 aromatic heterocycles. The highest BCUT2D eigenvalue weighted by Crippen LogP contribution is 2.26. The third-order valence-corrected chi connectivity index (χ3v) is 5.01. The van der Waals surface area contributed by atoms with Gasteiger partial charge in [0, 0.05) is 40.0 Å². The van der Waals surface area contributed by atoms with Crippen molar-refractivity contribution in [3.05, 3.63) is 54.0 Å². The number of hydrogen-bond donors (Lipinski definition) is 3. The molecule has 152 valence electrons. The van der Waals surface area contributed by atoms with Crippen LogP contribution in [0.15, 0.2) is 47.8 Å². The molecule has 30 heavy (non-hydrogen) atoms. The number of pyridine rings is 2. The van der Waals surface area contributed by atoms with E-state index in [0.29, 0.717) is 22.7 Å². The van der Waals surface area contributed by atoms with Crippen LogP contribution < -0.4 is 16.4 Å². The van der Waals surface area contributed by atoms with Crippen molar-refractivity contribution in [3.8, 4) is 0 Å². The Morgan fingerprint density at radius 1 is 0.933 bits per heavy atom. The van der Waals surface area contributed by atoms with Crippen LogP contribution in [-0.4, -0.2) is 31.2 Å². The SMILES string of the molecule is CCc1cc(Nc2nc(Nc3ccc4nc(C)cc(N)c4c3)nc(SC)n2)ccn1. The van der Waals surface area contributed by atoms with E-state index in [9.17, 15) is 0 Å². The van der Waals surface area contributed by atoms with Crippen molar-refractivity contribution in [2.75, 3.05) is 22.6 Å². The summed E-state index contributed by atoms with van der Waals surface area (Å²) >= 11 is 1.45. The Morgan fingerprint density at radius 3 is 2.37 bits per heavy atom. The van der Waals surface area contributed by atoms with Gasteiger partial charge in [0.1, 0.15) is 0 Å². The summed E-state index contributed by atoms with van der Waals surface area (Å²) in [6.45, 7) is 3.99. The van der Waals surface area contributed by atoms with Crippen LogP contribution in [-0.2, 0) is 6.42 Å². The average Bonchev–Trinajstić information content (AvgIpc) is 2.74. The molecular weight excluding hydrogens is 396 g/mol. The number of hydrogen-bond acceptors (Lipinski definition) is 9. The van der Waals surface area contributed by atoms with Crippen LogP contribution in [0, 0.1) is 6.92 Å². The van der Waals surface area contributed by atoms with Crippen molar-refractivity contribution < 1.29 is 0 Å². The number of nitrogens with one attached hydrogen (secondary N) is 2. The Labute approximate surface area is 178 Å². The molecule has 3 heterocycles. The Balaban J connectivity index is 1.64. The maximum atomic E-state index is 6.17.